The number of nitrogens with two attached hydrogens (primary N) is 1. The molecule has 0 bridgehead atoms. The van der Waals surface area contributed by atoms with Crippen LogP contribution in [-0.4, -0.2) is 20.8 Å². The topological polar surface area (TPSA) is 44.5 Å². The molecule has 4 heteroatoms. The molecule has 0 amide bonds. The van der Waals surface area contributed by atoms with Gasteiger partial charge < -0.3 is 15.2 Å². The Morgan fingerprint density at radius 1 is 1.20 bits per heavy atom. The highest BCUT2D eigenvalue weighted by Crippen LogP contribution is 2.32. The van der Waals surface area contributed by atoms with Crippen molar-refractivity contribution < 1.29 is 9.47 Å². The van der Waals surface area contributed by atoms with Gasteiger partial charge in [0, 0.05) is 0 Å². The van der Waals surface area contributed by atoms with E-state index in [-0.39, 0.29) is 7.43 Å². The SMILES string of the molecule is C.COc1cc(CCN)c(OC)cc1Br. The summed E-state index contributed by atoms with van der Waals surface area (Å²) in [5.41, 5.74) is 6.57. The Morgan fingerprint density at radius 2 is 1.80 bits per heavy atom. The highest BCUT2D eigenvalue weighted by atomic mass is 79.9. The predicted octanol–water partition coefficient (Wildman–Crippen LogP) is 2.60. The van der Waals surface area contributed by atoms with Crippen molar-refractivity contribution >= 4 is 15.9 Å². The smallest absolute Gasteiger partial charge is 0.133 e. The second-order valence-electron chi connectivity index (χ2n) is 2.84. The molecule has 0 heterocycles. The van der Waals surface area contributed by atoms with Crippen LogP contribution < -0.4 is 15.2 Å². The number of ether oxygens (including phenoxy) is 2. The normalized spacial score (nSPS) is 9.33. The van der Waals surface area contributed by atoms with Crippen molar-refractivity contribution in [2.24, 2.45) is 5.73 Å². The summed E-state index contributed by atoms with van der Waals surface area (Å²) in [7, 11) is 3.28. The van der Waals surface area contributed by atoms with Gasteiger partial charge in [-0.1, -0.05) is 7.43 Å². The fourth-order valence-corrected chi connectivity index (χ4v) is 1.76. The molecular weight excluding hydrogens is 258 g/mol. The second kappa shape index (κ2) is 6.69. The van der Waals surface area contributed by atoms with Crippen LogP contribution in [0.2, 0.25) is 0 Å². The van der Waals surface area contributed by atoms with E-state index in [2.05, 4.69) is 15.9 Å². The second-order valence-corrected chi connectivity index (χ2v) is 3.69. The van der Waals surface area contributed by atoms with E-state index < -0.39 is 0 Å². The minimum absolute atomic E-state index is 0. The molecule has 0 spiro atoms. The van der Waals surface area contributed by atoms with Crippen LogP contribution in [0.3, 0.4) is 0 Å². The highest BCUT2D eigenvalue weighted by Gasteiger charge is 2.08. The Morgan fingerprint density at radius 3 is 2.27 bits per heavy atom. The van der Waals surface area contributed by atoms with E-state index in [0.29, 0.717) is 6.54 Å². The molecule has 1 aromatic rings. The molecule has 0 fully saturated rings. The molecule has 0 aliphatic rings. The van der Waals surface area contributed by atoms with Crippen LogP contribution in [0.25, 0.3) is 0 Å². The van der Waals surface area contributed by atoms with Crippen molar-refractivity contribution in [2.45, 2.75) is 13.8 Å². The Kier molecular flexibility index (Phi) is 6.36. The molecule has 0 atom stereocenters. The van der Waals surface area contributed by atoms with E-state index in [9.17, 15) is 0 Å². The molecule has 3 nitrogen and oxygen atoms in total. The summed E-state index contributed by atoms with van der Waals surface area (Å²) in [4.78, 5) is 0. The number of hydrogen-bond donors (Lipinski definition) is 1. The zero-order chi connectivity index (χ0) is 10.6. The van der Waals surface area contributed by atoms with Crippen molar-refractivity contribution in [1.29, 1.82) is 0 Å². The zero-order valence-corrected chi connectivity index (χ0v) is 9.93. The molecule has 0 unspecified atom stereocenters. The Hall–Kier alpha value is -0.740. The minimum atomic E-state index is 0. The Labute approximate surface area is 99.7 Å². The van der Waals surface area contributed by atoms with Crippen molar-refractivity contribution in [1.82, 2.24) is 0 Å². The summed E-state index contributed by atoms with van der Waals surface area (Å²) in [5.74, 6) is 1.64. The van der Waals surface area contributed by atoms with Gasteiger partial charge in [0.15, 0.2) is 0 Å². The van der Waals surface area contributed by atoms with Crippen LogP contribution in [0.1, 0.15) is 13.0 Å². The summed E-state index contributed by atoms with van der Waals surface area (Å²) in [5, 5.41) is 0. The van der Waals surface area contributed by atoms with Crippen molar-refractivity contribution in [2.75, 3.05) is 20.8 Å². The first-order valence-corrected chi connectivity index (χ1v) is 5.12. The summed E-state index contributed by atoms with van der Waals surface area (Å²) in [6, 6.07) is 3.83. The third kappa shape index (κ3) is 3.39. The average molecular weight is 276 g/mol. The first-order chi connectivity index (χ1) is 6.72. The Balaban J connectivity index is 0.00000196. The number of benzene rings is 1. The first kappa shape index (κ1) is 14.3. The lowest BCUT2D eigenvalue weighted by Gasteiger charge is -2.11. The molecule has 15 heavy (non-hydrogen) atoms. The predicted molar refractivity (Wildman–Crippen MR) is 66.7 cm³/mol. The molecule has 0 saturated heterocycles. The largest absolute Gasteiger partial charge is 0.496 e. The van der Waals surface area contributed by atoms with Crippen LogP contribution >= 0.6 is 15.9 Å². The van der Waals surface area contributed by atoms with Gasteiger partial charge in [0.1, 0.15) is 11.5 Å². The number of rotatable bonds is 4. The molecule has 0 aromatic heterocycles. The van der Waals surface area contributed by atoms with Gasteiger partial charge in [0.05, 0.1) is 18.7 Å². The lowest BCUT2D eigenvalue weighted by atomic mass is 10.1. The van der Waals surface area contributed by atoms with E-state index in [1.165, 1.54) is 0 Å². The molecular formula is C11H18BrNO2. The fraction of sp³-hybridized carbons (Fsp3) is 0.455. The summed E-state index contributed by atoms with van der Waals surface area (Å²) in [6.07, 6.45) is 0.785. The quantitative estimate of drug-likeness (QED) is 0.919. The van der Waals surface area contributed by atoms with Gasteiger partial charge >= 0.3 is 0 Å². The van der Waals surface area contributed by atoms with E-state index >= 15 is 0 Å². The van der Waals surface area contributed by atoms with Crippen molar-refractivity contribution in [3.05, 3.63) is 22.2 Å². The van der Waals surface area contributed by atoms with Crippen LogP contribution in [-0.2, 0) is 6.42 Å². The van der Waals surface area contributed by atoms with Gasteiger partial charge in [-0.15, -0.1) is 0 Å². The summed E-state index contributed by atoms with van der Waals surface area (Å²) < 4.78 is 11.3. The standard InChI is InChI=1S/C10H14BrNO2.CH4/c1-13-9-6-8(11)10(14-2)5-7(9)3-4-12;/h5-6H,3-4,12H2,1-2H3;1H4. The fourth-order valence-electron chi connectivity index (χ4n) is 1.27. The molecule has 0 radical (unpaired) electrons. The molecule has 0 aliphatic carbocycles. The maximum absolute atomic E-state index is 5.51. The number of methoxy groups -OCH3 is 2. The molecule has 86 valence electrons. The van der Waals surface area contributed by atoms with Crippen molar-refractivity contribution in [3.8, 4) is 11.5 Å². The van der Waals surface area contributed by atoms with Crippen LogP contribution in [0.4, 0.5) is 0 Å². The first-order valence-electron chi connectivity index (χ1n) is 4.33. The highest BCUT2D eigenvalue weighted by molar-refractivity contribution is 9.10. The van der Waals surface area contributed by atoms with Gasteiger partial charge in [0.25, 0.3) is 0 Å². The number of hydrogen-bond acceptors (Lipinski definition) is 3. The molecule has 1 aromatic carbocycles. The maximum Gasteiger partial charge on any atom is 0.133 e. The van der Waals surface area contributed by atoms with Gasteiger partial charge in [-0.3, -0.25) is 0 Å². The third-order valence-corrected chi connectivity index (χ3v) is 2.59. The van der Waals surface area contributed by atoms with E-state index in [0.717, 1.165) is 28.0 Å². The Bertz CT molecular complexity index is 316. The van der Waals surface area contributed by atoms with Crippen LogP contribution in [0, 0.1) is 0 Å². The monoisotopic (exact) mass is 275 g/mol. The van der Waals surface area contributed by atoms with Crippen molar-refractivity contribution in [3.63, 3.8) is 0 Å². The molecule has 1 rings (SSSR count). The van der Waals surface area contributed by atoms with E-state index in [4.69, 9.17) is 15.2 Å². The molecule has 0 aliphatic heterocycles. The molecule has 2 N–H and O–H groups in total. The maximum atomic E-state index is 5.51. The lowest BCUT2D eigenvalue weighted by Crippen LogP contribution is -2.04. The zero-order valence-electron chi connectivity index (χ0n) is 8.34. The average Bonchev–Trinajstić information content (AvgIpc) is 2.20. The van der Waals surface area contributed by atoms with E-state index in [1.54, 1.807) is 14.2 Å². The summed E-state index contributed by atoms with van der Waals surface area (Å²) in [6.45, 7) is 0.598. The minimum Gasteiger partial charge on any atom is -0.496 e. The van der Waals surface area contributed by atoms with Gasteiger partial charge in [-0.25, -0.2) is 0 Å². The van der Waals surface area contributed by atoms with E-state index in [1.807, 2.05) is 12.1 Å². The van der Waals surface area contributed by atoms with Crippen LogP contribution in [0.5, 0.6) is 11.5 Å². The summed E-state index contributed by atoms with van der Waals surface area (Å²) >= 11 is 3.40. The van der Waals surface area contributed by atoms with Gasteiger partial charge in [0.2, 0.25) is 0 Å². The number of halogens is 1. The van der Waals surface area contributed by atoms with Gasteiger partial charge in [-0.2, -0.15) is 0 Å². The lowest BCUT2D eigenvalue weighted by molar-refractivity contribution is 0.397. The molecule has 0 saturated carbocycles. The third-order valence-electron chi connectivity index (χ3n) is 1.97. The van der Waals surface area contributed by atoms with Crippen LogP contribution in [0.15, 0.2) is 16.6 Å². The van der Waals surface area contributed by atoms with Gasteiger partial charge in [-0.05, 0) is 46.6 Å².